The summed E-state index contributed by atoms with van der Waals surface area (Å²) in [6.45, 7) is 4.31. The predicted octanol–water partition coefficient (Wildman–Crippen LogP) is 2.44. The van der Waals surface area contributed by atoms with Crippen LogP contribution in [0, 0.1) is 0 Å². The van der Waals surface area contributed by atoms with Crippen LogP contribution in [0.2, 0.25) is 0 Å². The lowest BCUT2D eigenvalue weighted by Gasteiger charge is -2.38. The van der Waals surface area contributed by atoms with E-state index in [1.54, 1.807) is 24.3 Å². The van der Waals surface area contributed by atoms with Crippen LogP contribution in [-0.4, -0.2) is 29.5 Å². The minimum atomic E-state index is 0.0662. The SMILES string of the molecule is C[C@@H]1CCC[C@H](C)N1C(=O)COc1ccc(N)cc1. The van der Waals surface area contributed by atoms with Gasteiger partial charge in [0.15, 0.2) is 6.61 Å². The van der Waals surface area contributed by atoms with Crippen LogP contribution in [0.5, 0.6) is 5.75 Å². The zero-order valence-electron chi connectivity index (χ0n) is 11.6. The van der Waals surface area contributed by atoms with Crippen LogP contribution in [-0.2, 0) is 4.79 Å². The second kappa shape index (κ2) is 5.95. The Balaban J connectivity index is 1.91. The first kappa shape index (κ1) is 13.7. The van der Waals surface area contributed by atoms with Gasteiger partial charge < -0.3 is 15.4 Å². The summed E-state index contributed by atoms with van der Waals surface area (Å²) in [6, 6.07) is 7.73. The van der Waals surface area contributed by atoms with E-state index >= 15 is 0 Å². The van der Waals surface area contributed by atoms with Crippen LogP contribution in [0.1, 0.15) is 33.1 Å². The quantitative estimate of drug-likeness (QED) is 0.851. The molecule has 4 nitrogen and oxygen atoms in total. The van der Waals surface area contributed by atoms with Gasteiger partial charge in [0.1, 0.15) is 5.75 Å². The fourth-order valence-corrected chi connectivity index (χ4v) is 2.70. The number of benzene rings is 1. The lowest BCUT2D eigenvalue weighted by atomic mass is 9.97. The third-order valence-electron chi connectivity index (χ3n) is 3.72. The molecule has 0 spiro atoms. The molecule has 1 heterocycles. The molecule has 0 radical (unpaired) electrons. The highest BCUT2D eigenvalue weighted by molar-refractivity contribution is 5.78. The van der Waals surface area contributed by atoms with Gasteiger partial charge in [0.25, 0.3) is 5.91 Å². The molecule has 2 N–H and O–H groups in total. The van der Waals surface area contributed by atoms with E-state index in [1.807, 2.05) is 4.90 Å². The monoisotopic (exact) mass is 262 g/mol. The van der Waals surface area contributed by atoms with Gasteiger partial charge in [-0.3, -0.25) is 4.79 Å². The van der Waals surface area contributed by atoms with Gasteiger partial charge in [-0.2, -0.15) is 0 Å². The Hall–Kier alpha value is -1.71. The molecule has 0 bridgehead atoms. The molecule has 1 aliphatic rings. The first-order chi connectivity index (χ1) is 9.08. The molecule has 0 saturated carbocycles. The lowest BCUT2D eigenvalue weighted by Crippen LogP contribution is -2.49. The normalized spacial score (nSPS) is 23.2. The maximum absolute atomic E-state index is 12.2. The van der Waals surface area contributed by atoms with Crippen LogP contribution in [0.15, 0.2) is 24.3 Å². The first-order valence-electron chi connectivity index (χ1n) is 6.87. The van der Waals surface area contributed by atoms with Gasteiger partial charge in [0.2, 0.25) is 0 Å². The van der Waals surface area contributed by atoms with Crippen molar-refractivity contribution in [2.24, 2.45) is 0 Å². The van der Waals surface area contributed by atoms with Crippen molar-refractivity contribution in [1.82, 2.24) is 4.90 Å². The standard InChI is InChI=1S/C15H22N2O2/c1-11-4-3-5-12(2)17(11)15(18)10-19-14-8-6-13(16)7-9-14/h6-9,11-12H,3-5,10,16H2,1-2H3/t11-,12+. The minimum absolute atomic E-state index is 0.0662. The number of likely N-dealkylation sites (tertiary alicyclic amines) is 1. The van der Waals surface area contributed by atoms with Gasteiger partial charge in [-0.15, -0.1) is 0 Å². The van der Waals surface area contributed by atoms with Crippen molar-refractivity contribution in [3.63, 3.8) is 0 Å². The Morgan fingerprint density at radius 2 is 1.84 bits per heavy atom. The number of rotatable bonds is 3. The van der Waals surface area contributed by atoms with Crippen molar-refractivity contribution >= 4 is 11.6 Å². The summed E-state index contributed by atoms with van der Waals surface area (Å²) in [5.74, 6) is 0.747. The summed E-state index contributed by atoms with van der Waals surface area (Å²) in [4.78, 5) is 14.2. The Morgan fingerprint density at radius 3 is 2.42 bits per heavy atom. The third-order valence-corrected chi connectivity index (χ3v) is 3.72. The smallest absolute Gasteiger partial charge is 0.260 e. The molecule has 1 amide bonds. The number of ether oxygens (including phenoxy) is 1. The molecule has 104 valence electrons. The molecular weight excluding hydrogens is 240 g/mol. The molecule has 1 aliphatic heterocycles. The predicted molar refractivity (Wildman–Crippen MR) is 76.0 cm³/mol. The number of amides is 1. The van der Waals surface area contributed by atoms with Crippen LogP contribution < -0.4 is 10.5 Å². The molecule has 19 heavy (non-hydrogen) atoms. The second-order valence-corrected chi connectivity index (χ2v) is 5.29. The van der Waals surface area contributed by atoms with Crippen molar-refractivity contribution in [1.29, 1.82) is 0 Å². The van der Waals surface area contributed by atoms with Crippen molar-refractivity contribution < 1.29 is 9.53 Å². The fraction of sp³-hybridized carbons (Fsp3) is 0.533. The summed E-state index contributed by atoms with van der Waals surface area (Å²) >= 11 is 0. The van der Waals surface area contributed by atoms with Gasteiger partial charge in [0, 0.05) is 17.8 Å². The van der Waals surface area contributed by atoms with Crippen LogP contribution in [0.4, 0.5) is 5.69 Å². The number of nitrogen functional groups attached to an aromatic ring is 1. The summed E-state index contributed by atoms with van der Waals surface area (Å²) in [5, 5.41) is 0. The van der Waals surface area contributed by atoms with Crippen molar-refractivity contribution in [3.8, 4) is 5.75 Å². The van der Waals surface area contributed by atoms with Gasteiger partial charge in [-0.25, -0.2) is 0 Å². The van der Waals surface area contributed by atoms with Crippen LogP contribution >= 0.6 is 0 Å². The maximum Gasteiger partial charge on any atom is 0.260 e. The highest BCUT2D eigenvalue weighted by Crippen LogP contribution is 2.22. The Morgan fingerprint density at radius 1 is 1.26 bits per heavy atom. The Labute approximate surface area is 114 Å². The molecule has 0 aliphatic carbocycles. The molecule has 0 aromatic heterocycles. The number of nitrogens with zero attached hydrogens (tertiary/aromatic N) is 1. The number of hydrogen-bond donors (Lipinski definition) is 1. The van der Waals surface area contributed by atoms with Gasteiger partial charge >= 0.3 is 0 Å². The van der Waals surface area contributed by atoms with Gasteiger partial charge in [0.05, 0.1) is 0 Å². The minimum Gasteiger partial charge on any atom is -0.484 e. The molecule has 0 unspecified atom stereocenters. The number of hydrogen-bond acceptors (Lipinski definition) is 3. The number of piperidine rings is 1. The second-order valence-electron chi connectivity index (χ2n) is 5.29. The van der Waals surface area contributed by atoms with Crippen molar-refractivity contribution in [2.45, 2.75) is 45.2 Å². The molecule has 1 aromatic carbocycles. The lowest BCUT2D eigenvalue weighted by molar-refractivity contribution is -0.139. The Kier molecular flexibility index (Phi) is 4.30. The van der Waals surface area contributed by atoms with Crippen molar-refractivity contribution in [3.05, 3.63) is 24.3 Å². The van der Waals surface area contributed by atoms with Crippen LogP contribution in [0.3, 0.4) is 0 Å². The van der Waals surface area contributed by atoms with Crippen LogP contribution in [0.25, 0.3) is 0 Å². The average molecular weight is 262 g/mol. The van der Waals surface area contributed by atoms with E-state index in [0.29, 0.717) is 23.5 Å². The highest BCUT2D eigenvalue weighted by atomic mass is 16.5. The molecular formula is C15H22N2O2. The molecule has 4 heteroatoms. The molecule has 2 atom stereocenters. The highest BCUT2D eigenvalue weighted by Gasteiger charge is 2.28. The summed E-state index contributed by atoms with van der Waals surface area (Å²) in [5.41, 5.74) is 6.30. The third kappa shape index (κ3) is 3.40. The van der Waals surface area contributed by atoms with E-state index in [-0.39, 0.29) is 12.5 Å². The molecule has 1 saturated heterocycles. The number of carbonyl (C=O) groups is 1. The summed E-state index contributed by atoms with van der Waals surface area (Å²) < 4.78 is 5.53. The zero-order chi connectivity index (χ0) is 13.8. The largest absolute Gasteiger partial charge is 0.484 e. The van der Waals surface area contributed by atoms with E-state index in [0.717, 1.165) is 12.8 Å². The molecule has 1 aromatic rings. The molecule has 2 rings (SSSR count). The van der Waals surface area contributed by atoms with Crippen molar-refractivity contribution in [2.75, 3.05) is 12.3 Å². The Bertz CT molecular complexity index is 420. The summed E-state index contributed by atoms with van der Waals surface area (Å²) in [6.07, 6.45) is 3.36. The molecule has 1 fully saturated rings. The van der Waals surface area contributed by atoms with E-state index in [2.05, 4.69) is 13.8 Å². The number of nitrogens with two attached hydrogens (primary N) is 1. The first-order valence-corrected chi connectivity index (χ1v) is 6.87. The van der Waals surface area contributed by atoms with Gasteiger partial charge in [-0.1, -0.05) is 0 Å². The maximum atomic E-state index is 12.2. The van der Waals surface area contributed by atoms with Gasteiger partial charge in [-0.05, 0) is 57.4 Å². The zero-order valence-corrected chi connectivity index (χ0v) is 11.6. The summed E-state index contributed by atoms with van der Waals surface area (Å²) in [7, 11) is 0. The van der Waals surface area contributed by atoms with E-state index in [4.69, 9.17) is 10.5 Å². The average Bonchev–Trinajstić information content (AvgIpc) is 2.38. The number of carbonyl (C=O) groups excluding carboxylic acids is 1. The van der Waals surface area contributed by atoms with E-state index in [9.17, 15) is 4.79 Å². The van der Waals surface area contributed by atoms with E-state index < -0.39 is 0 Å². The van der Waals surface area contributed by atoms with E-state index in [1.165, 1.54) is 6.42 Å². The topological polar surface area (TPSA) is 55.6 Å². The fourth-order valence-electron chi connectivity index (χ4n) is 2.70. The number of anilines is 1.